The Morgan fingerprint density at radius 3 is 2.62 bits per heavy atom. The average molecular weight is 347 g/mol. The van der Waals surface area contributed by atoms with E-state index in [-0.39, 0.29) is 21.3 Å². The van der Waals surface area contributed by atoms with Crippen molar-refractivity contribution in [3.63, 3.8) is 0 Å². The van der Waals surface area contributed by atoms with Gasteiger partial charge in [-0.2, -0.15) is 0 Å². The van der Waals surface area contributed by atoms with E-state index >= 15 is 0 Å². The number of nitrogens with one attached hydrogen (secondary N) is 1. The fourth-order valence-corrected chi connectivity index (χ4v) is 4.87. The molecule has 2 aromatic rings. The van der Waals surface area contributed by atoms with Gasteiger partial charge < -0.3 is 10.1 Å². The highest BCUT2D eigenvalue weighted by atomic mass is 32.2. The molecule has 2 aromatic carbocycles. The predicted octanol–water partition coefficient (Wildman–Crippen LogP) is 2.67. The fraction of sp³-hybridized carbons (Fsp3) is 0.333. The van der Waals surface area contributed by atoms with Crippen molar-refractivity contribution in [3.05, 3.63) is 53.8 Å². The van der Waals surface area contributed by atoms with Gasteiger partial charge in [0, 0.05) is 17.5 Å². The average Bonchev–Trinajstić information content (AvgIpc) is 2.87. The lowest BCUT2D eigenvalue weighted by Gasteiger charge is -2.35. The summed E-state index contributed by atoms with van der Waals surface area (Å²) in [5.74, 6) is 0.171. The van der Waals surface area contributed by atoms with E-state index in [4.69, 9.17) is 4.74 Å². The highest BCUT2D eigenvalue weighted by Gasteiger charge is 2.46. The van der Waals surface area contributed by atoms with E-state index in [1.807, 2.05) is 6.07 Å². The number of rotatable bonds is 2. The Balaban J connectivity index is 1.76. The first-order valence-electron chi connectivity index (χ1n) is 7.94. The summed E-state index contributed by atoms with van der Waals surface area (Å²) >= 11 is 0. The molecule has 0 bridgehead atoms. The summed E-state index contributed by atoms with van der Waals surface area (Å²) in [6.07, 6.45) is 0.972. The Bertz CT molecular complexity index is 895. The predicted molar refractivity (Wildman–Crippen MR) is 87.5 cm³/mol. The first-order valence-corrected chi connectivity index (χ1v) is 9.42. The van der Waals surface area contributed by atoms with E-state index in [0.29, 0.717) is 5.75 Å². The van der Waals surface area contributed by atoms with Gasteiger partial charge in [0.25, 0.3) is 0 Å². The molecule has 6 heteroatoms. The second kappa shape index (κ2) is 5.29. The van der Waals surface area contributed by atoms with Crippen LogP contribution in [0.25, 0.3) is 0 Å². The number of ether oxygens (including phenoxy) is 1. The zero-order valence-electron chi connectivity index (χ0n) is 13.3. The molecule has 2 unspecified atom stereocenters. The molecule has 2 atom stereocenters. The van der Waals surface area contributed by atoms with Crippen molar-refractivity contribution in [2.24, 2.45) is 0 Å². The van der Waals surface area contributed by atoms with Crippen molar-refractivity contribution in [2.45, 2.75) is 34.7 Å². The van der Waals surface area contributed by atoms with E-state index in [0.717, 1.165) is 37.2 Å². The first kappa shape index (κ1) is 15.6. The van der Waals surface area contributed by atoms with Crippen LogP contribution >= 0.6 is 0 Å². The Morgan fingerprint density at radius 2 is 1.88 bits per heavy atom. The van der Waals surface area contributed by atoms with Crippen LogP contribution in [0.4, 0.5) is 4.39 Å². The largest absolute Gasteiger partial charge is 0.488 e. The zero-order chi connectivity index (χ0) is 16.9. The molecule has 4 nitrogen and oxygen atoms in total. The van der Waals surface area contributed by atoms with Crippen molar-refractivity contribution >= 4 is 9.84 Å². The van der Waals surface area contributed by atoms with Gasteiger partial charge in [-0.25, -0.2) is 12.8 Å². The molecule has 1 fully saturated rings. The summed E-state index contributed by atoms with van der Waals surface area (Å²) in [5, 5.41) is 3.31. The second-order valence-electron chi connectivity index (χ2n) is 6.59. The van der Waals surface area contributed by atoms with Gasteiger partial charge in [0.2, 0.25) is 9.84 Å². The first-order chi connectivity index (χ1) is 11.4. The summed E-state index contributed by atoms with van der Waals surface area (Å²) in [4.78, 5) is 0.246. The van der Waals surface area contributed by atoms with Crippen LogP contribution in [-0.2, 0) is 15.3 Å². The maximum absolute atomic E-state index is 13.0. The molecule has 4 rings (SSSR count). The van der Waals surface area contributed by atoms with Gasteiger partial charge in [-0.1, -0.05) is 13.0 Å². The Labute approximate surface area is 140 Å². The van der Waals surface area contributed by atoms with Crippen LogP contribution in [-0.4, -0.2) is 27.6 Å². The molecule has 1 saturated heterocycles. The van der Waals surface area contributed by atoms with E-state index in [2.05, 4.69) is 12.2 Å². The number of hydrogen-bond acceptors (Lipinski definition) is 4. The molecule has 0 radical (unpaired) electrons. The Hall–Kier alpha value is -1.92. The monoisotopic (exact) mass is 347 g/mol. The zero-order valence-corrected chi connectivity index (χ0v) is 14.1. The summed E-state index contributed by atoms with van der Waals surface area (Å²) < 4.78 is 44.6. The number of hydrogen-bond donors (Lipinski definition) is 1. The molecular formula is C18H18FNO3S. The Kier molecular flexibility index (Phi) is 3.44. The standard InChI is InChI=1S/C18H18FNO3S/c1-18-8-9-20-11-17(18)23-16-10-14(6-7-15(16)18)24(21,22)13-4-2-12(19)3-5-13/h2-7,10,17,20H,8-9,11H2,1H3. The van der Waals surface area contributed by atoms with E-state index in [1.165, 1.54) is 12.1 Å². The van der Waals surface area contributed by atoms with Crippen LogP contribution in [0.1, 0.15) is 18.9 Å². The molecular weight excluding hydrogens is 329 g/mol. The molecule has 0 spiro atoms. The maximum Gasteiger partial charge on any atom is 0.206 e. The quantitative estimate of drug-likeness (QED) is 0.849. The third-order valence-electron chi connectivity index (χ3n) is 5.13. The van der Waals surface area contributed by atoms with Crippen LogP contribution < -0.4 is 10.1 Å². The minimum atomic E-state index is -3.69. The van der Waals surface area contributed by atoms with E-state index in [1.54, 1.807) is 12.1 Å². The van der Waals surface area contributed by atoms with Gasteiger partial charge in [0.05, 0.1) is 9.79 Å². The van der Waals surface area contributed by atoms with Crippen LogP contribution in [0.15, 0.2) is 52.3 Å². The topological polar surface area (TPSA) is 55.4 Å². The van der Waals surface area contributed by atoms with Crippen LogP contribution in [0.3, 0.4) is 0 Å². The lowest BCUT2D eigenvalue weighted by atomic mass is 9.74. The molecule has 126 valence electrons. The van der Waals surface area contributed by atoms with Crippen molar-refractivity contribution in [1.82, 2.24) is 5.32 Å². The second-order valence-corrected chi connectivity index (χ2v) is 8.54. The van der Waals surface area contributed by atoms with E-state index < -0.39 is 15.7 Å². The number of benzene rings is 2. The minimum absolute atomic E-state index is 0.0185. The number of halogens is 1. The molecule has 0 amide bonds. The van der Waals surface area contributed by atoms with E-state index in [9.17, 15) is 12.8 Å². The highest BCUT2D eigenvalue weighted by molar-refractivity contribution is 7.91. The Morgan fingerprint density at radius 1 is 1.17 bits per heavy atom. The third kappa shape index (κ3) is 2.24. The lowest BCUT2D eigenvalue weighted by Crippen LogP contribution is -2.49. The molecule has 0 aliphatic carbocycles. The summed E-state index contributed by atoms with van der Waals surface area (Å²) in [6.45, 7) is 3.84. The summed E-state index contributed by atoms with van der Waals surface area (Å²) in [5.41, 5.74) is 0.978. The molecule has 0 saturated carbocycles. The lowest BCUT2D eigenvalue weighted by molar-refractivity contribution is 0.123. The third-order valence-corrected chi connectivity index (χ3v) is 6.90. The number of fused-ring (bicyclic) bond motifs is 3. The van der Waals surface area contributed by atoms with Crippen molar-refractivity contribution in [1.29, 1.82) is 0 Å². The van der Waals surface area contributed by atoms with Gasteiger partial charge in [0.1, 0.15) is 17.7 Å². The molecule has 24 heavy (non-hydrogen) atoms. The molecule has 2 aliphatic heterocycles. The van der Waals surface area contributed by atoms with Gasteiger partial charge in [-0.05, 0) is 49.4 Å². The van der Waals surface area contributed by atoms with Gasteiger partial charge in [-0.3, -0.25) is 0 Å². The van der Waals surface area contributed by atoms with Crippen molar-refractivity contribution < 1.29 is 17.5 Å². The highest BCUT2D eigenvalue weighted by Crippen LogP contribution is 2.47. The normalized spacial score (nSPS) is 25.7. The number of sulfone groups is 1. The summed E-state index contributed by atoms with van der Waals surface area (Å²) in [6, 6.07) is 9.94. The number of piperidine rings is 1. The molecule has 2 aliphatic rings. The maximum atomic E-state index is 13.0. The molecule has 0 aromatic heterocycles. The SMILES string of the molecule is CC12CCNCC1Oc1cc(S(=O)(=O)c3ccc(F)cc3)ccc12. The van der Waals surface area contributed by atoms with Gasteiger partial charge in [0.15, 0.2) is 0 Å². The smallest absolute Gasteiger partial charge is 0.206 e. The van der Waals surface area contributed by atoms with Crippen molar-refractivity contribution in [2.75, 3.05) is 13.1 Å². The summed E-state index contributed by atoms with van der Waals surface area (Å²) in [7, 11) is -3.69. The molecule has 2 heterocycles. The van der Waals surface area contributed by atoms with Crippen LogP contribution in [0, 0.1) is 5.82 Å². The van der Waals surface area contributed by atoms with Crippen LogP contribution in [0.2, 0.25) is 0 Å². The van der Waals surface area contributed by atoms with Gasteiger partial charge in [-0.15, -0.1) is 0 Å². The minimum Gasteiger partial charge on any atom is -0.488 e. The van der Waals surface area contributed by atoms with Crippen molar-refractivity contribution in [3.8, 4) is 5.75 Å². The molecule has 1 N–H and O–H groups in total. The van der Waals surface area contributed by atoms with Crippen LogP contribution in [0.5, 0.6) is 5.75 Å². The van der Waals surface area contributed by atoms with Gasteiger partial charge >= 0.3 is 0 Å². The fourth-order valence-electron chi connectivity index (χ4n) is 3.59.